The van der Waals surface area contributed by atoms with Crippen molar-refractivity contribution in [1.29, 1.82) is 0 Å². The predicted octanol–water partition coefficient (Wildman–Crippen LogP) is 3.60. The van der Waals surface area contributed by atoms with Gasteiger partial charge in [-0.05, 0) is 40.0 Å². The first-order chi connectivity index (χ1) is 8.32. The minimum absolute atomic E-state index is 0.0421. The zero-order chi connectivity index (χ0) is 13.9. The summed E-state index contributed by atoms with van der Waals surface area (Å²) in [7, 11) is 0. The Morgan fingerprint density at radius 1 is 1.50 bits per heavy atom. The Bertz CT molecular complexity index is 479. The van der Waals surface area contributed by atoms with Gasteiger partial charge >= 0.3 is 0 Å². The molecule has 0 bridgehead atoms. The molecule has 0 fully saturated rings. The lowest BCUT2D eigenvalue weighted by Gasteiger charge is -2.19. The summed E-state index contributed by atoms with van der Waals surface area (Å²) >= 11 is 14.2. The molecule has 1 amide bonds. The predicted molar refractivity (Wildman–Crippen MR) is 82.9 cm³/mol. The van der Waals surface area contributed by atoms with Gasteiger partial charge in [0.25, 0.3) is 0 Å². The molecular formula is C12H14BrClN2OS. The number of benzene rings is 1. The molecule has 3 N–H and O–H groups in total. The van der Waals surface area contributed by atoms with Crippen LogP contribution in [0.1, 0.15) is 13.8 Å². The van der Waals surface area contributed by atoms with Crippen LogP contribution in [0.15, 0.2) is 22.7 Å². The minimum atomic E-state index is -0.495. The average Bonchev–Trinajstić information content (AvgIpc) is 2.22. The lowest BCUT2D eigenvalue weighted by molar-refractivity contribution is -0.118. The van der Waals surface area contributed by atoms with Crippen LogP contribution >= 0.6 is 39.7 Å². The molecule has 0 aliphatic carbocycles. The summed E-state index contributed by atoms with van der Waals surface area (Å²) in [6.07, 6.45) is 0. The van der Waals surface area contributed by atoms with Crippen LogP contribution in [0.25, 0.3) is 0 Å². The molecule has 1 aromatic rings. The van der Waals surface area contributed by atoms with Gasteiger partial charge in [-0.25, -0.2) is 0 Å². The van der Waals surface area contributed by atoms with E-state index in [1.807, 2.05) is 13.8 Å². The van der Waals surface area contributed by atoms with Gasteiger partial charge in [0.1, 0.15) is 0 Å². The molecule has 1 atom stereocenters. The number of hydrogen-bond donors (Lipinski definition) is 2. The lowest BCUT2D eigenvalue weighted by atomic mass is 9.95. The van der Waals surface area contributed by atoms with Crippen LogP contribution in [0.3, 0.4) is 0 Å². The van der Waals surface area contributed by atoms with E-state index in [9.17, 15) is 4.79 Å². The maximum atomic E-state index is 12.1. The van der Waals surface area contributed by atoms with Crippen LogP contribution in [-0.4, -0.2) is 10.9 Å². The van der Waals surface area contributed by atoms with Crippen molar-refractivity contribution in [2.75, 3.05) is 5.32 Å². The first-order valence-corrected chi connectivity index (χ1v) is 6.96. The van der Waals surface area contributed by atoms with E-state index in [0.29, 0.717) is 10.7 Å². The van der Waals surface area contributed by atoms with E-state index >= 15 is 0 Å². The number of nitrogens with two attached hydrogens (primary N) is 1. The topological polar surface area (TPSA) is 55.1 Å². The van der Waals surface area contributed by atoms with E-state index < -0.39 is 5.92 Å². The fraction of sp³-hybridized carbons (Fsp3) is 0.333. The Morgan fingerprint density at radius 2 is 2.11 bits per heavy atom. The van der Waals surface area contributed by atoms with Crippen molar-refractivity contribution in [3.05, 3.63) is 27.7 Å². The molecule has 6 heteroatoms. The molecule has 1 unspecified atom stereocenters. The molecule has 1 aromatic carbocycles. The van der Waals surface area contributed by atoms with Gasteiger partial charge in [0.15, 0.2) is 0 Å². The molecule has 0 saturated heterocycles. The molecule has 98 valence electrons. The second-order valence-corrected chi connectivity index (χ2v) is 6.00. The van der Waals surface area contributed by atoms with Crippen molar-refractivity contribution in [3.63, 3.8) is 0 Å². The third-order valence-corrected chi connectivity index (χ3v) is 3.62. The zero-order valence-electron chi connectivity index (χ0n) is 10.0. The number of halogens is 2. The van der Waals surface area contributed by atoms with Gasteiger partial charge in [0.05, 0.1) is 16.6 Å². The van der Waals surface area contributed by atoms with Crippen LogP contribution in [-0.2, 0) is 4.79 Å². The van der Waals surface area contributed by atoms with Crippen molar-refractivity contribution < 1.29 is 4.79 Å². The summed E-state index contributed by atoms with van der Waals surface area (Å²) in [5.74, 6) is -0.674. The second-order valence-electron chi connectivity index (χ2n) is 4.24. The minimum Gasteiger partial charge on any atom is -0.393 e. The molecule has 1 rings (SSSR count). The van der Waals surface area contributed by atoms with Crippen LogP contribution in [0, 0.1) is 11.8 Å². The number of carbonyl (C=O) groups is 1. The van der Waals surface area contributed by atoms with E-state index in [0.717, 1.165) is 4.47 Å². The van der Waals surface area contributed by atoms with Gasteiger partial charge in [-0.2, -0.15) is 0 Å². The third kappa shape index (κ3) is 3.93. The Morgan fingerprint density at radius 3 is 2.61 bits per heavy atom. The van der Waals surface area contributed by atoms with Crippen LogP contribution < -0.4 is 11.1 Å². The smallest absolute Gasteiger partial charge is 0.234 e. The summed E-state index contributed by atoms with van der Waals surface area (Å²) in [4.78, 5) is 12.3. The van der Waals surface area contributed by atoms with Crippen LogP contribution in [0.2, 0.25) is 5.02 Å². The third-order valence-electron chi connectivity index (χ3n) is 2.44. The standard InChI is InChI=1S/C12H14BrClN2OS/c1-6(2)10(11(15)18)12(17)16-9-5-7(14)3-4-8(9)13/h3-6,10H,1-2H3,(H2,15,18)(H,16,17). The highest BCUT2D eigenvalue weighted by Gasteiger charge is 2.25. The van der Waals surface area contributed by atoms with Gasteiger partial charge in [0.2, 0.25) is 5.91 Å². The summed E-state index contributed by atoms with van der Waals surface area (Å²) in [6.45, 7) is 3.80. The highest BCUT2D eigenvalue weighted by Crippen LogP contribution is 2.27. The number of amides is 1. The number of thiocarbonyl (C=S) groups is 1. The van der Waals surface area contributed by atoms with Crippen molar-refractivity contribution in [2.45, 2.75) is 13.8 Å². The van der Waals surface area contributed by atoms with Crippen molar-refractivity contribution >= 4 is 56.3 Å². The van der Waals surface area contributed by atoms with E-state index in [1.165, 1.54) is 0 Å². The van der Waals surface area contributed by atoms with Crippen molar-refractivity contribution in [1.82, 2.24) is 0 Å². The first-order valence-electron chi connectivity index (χ1n) is 5.38. The molecular weight excluding hydrogens is 336 g/mol. The van der Waals surface area contributed by atoms with Crippen LogP contribution in [0.4, 0.5) is 5.69 Å². The number of rotatable bonds is 4. The number of carbonyl (C=O) groups excluding carboxylic acids is 1. The highest BCUT2D eigenvalue weighted by molar-refractivity contribution is 9.10. The van der Waals surface area contributed by atoms with Gasteiger partial charge in [-0.1, -0.05) is 37.7 Å². The monoisotopic (exact) mass is 348 g/mol. The highest BCUT2D eigenvalue weighted by atomic mass is 79.9. The SMILES string of the molecule is CC(C)C(C(=O)Nc1cc(Cl)ccc1Br)C(N)=S. The summed E-state index contributed by atoms with van der Waals surface area (Å²) in [5, 5.41) is 3.32. The molecule has 0 aromatic heterocycles. The van der Waals surface area contributed by atoms with Gasteiger partial charge in [0, 0.05) is 9.50 Å². The molecule has 0 saturated carbocycles. The number of anilines is 1. The van der Waals surface area contributed by atoms with Gasteiger partial charge < -0.3 is 11.1 Å². The molecule has 0 aliphatic rings. The van der Waals surface area contributed by atoms with Crippen LogP contribution in [0.5, 0.6) is 0 Å². The summed E-state index contributed by atoms with van der Waals surface area (Å²) in [5.41, 5.74) is 6.20. The molecule has 0 aliphatic heterocycles. The zero-order valence-corrected chi connectivity index (χ0v) is 13.2. The Kier molecular flexibility index (Phi) is 5.56. The van der Waals surface area contributed by atoms with Gasteiger partial charge in [-0.15, -0.1) is 0 Å². The van der Waals surface area contributed by atoms with E-state index in [-0.39, 0.29) is 16.8 Å². The molecule has 0 spiro atoms. The lowest BCUT2D eigenvalue weighted by Crippen LogP contribution is -2.36. The second kappa shape index (κ2) is 6.50. The number of nitrogens with one attached hydrogen (secondary N) is 1. The van der Waals surface area contributed by atoms with E-state index in [1.54, 1.807) is 18.2 Å². The fourth-order valence-electron chi connectivity index (χ4n) is 1.56. The largest absolute Gasteiger partial charge is 0.393 e. The summed E-state index contributed by atoms with van der Waals surface area (Å²) < 4.78 is 0.755. The van der Waals surface area contributed by atoms with E-state index in [2.05, 4.69) is 21.2 Å². The first kappa shape index (κ1) is 15.4. The normalized spacial score (nSPS) is 12.3. The van der Waals surface area contributed by atoms with Gasteiger partial charge in [-0.3, -0.25) is 4.79 Å². The quantitative estimate of drug-likeness (QED) is 0.817. The maximum absolute atomic E-state index is 12.1. The molecule has 0 radical (unpaired) electrons. The molecule has 3 nitrogen and oxygen atoms in total. The average molecular weight is 350 g/mol. The summed E-state index contributed by atoms with van der Waals surface area (Å²) in [6, 6.07) is 5.17. The Balaban J connectivity index is 2.92. The molecule has 0 heterocycles. The van der Waals surface area contributed by atoms with E-state index in [4.69, 9.17) is 29.6 Å². The molecule has 18 heavy (non-hydrogen) atoms. The van der Waals surface area contributed by atoms with Crippen molar-refractivity contribution in [3.8, 4) is 0 Å². The fourth-order valence-corrected chi connectivity index (χ4v) is 2.46. The van der Waals surface area contributed by atoms with Crippen molar-refractivity contribution in [2.24, 2.45) is 17.6 Å². The Labute approximate surface area is 125 Å². The Hall–Kier alpha value is -0.650. The maximum Gasteiger partial charge on any atom is 0.234 e. The number of hydrogen-bond acceptors (Lipinski definition) is 2.